The van der Waals surface area contributed by atoms with Crippen molar-refractivity contribution in [1.82, 2.24) is 4.90 Å². The number of fused-ring (bicyclic) bond motifs is 2. The minimum absolute atomic E-state index is 0.126. The van der Waals surface area contributed by atoms with E-state index in [4.69, 9.17) is 0 Å². The lowest BCUT2D eigenvalue weighted by Gasteiger charge is -2.62. The van der Waals surface area contributed by atoms with Gasteiger partial charge in [-0.25, -0.2) is 0 Å². The van der Waals surface area contributed by atoms with Crippen LogP contribution >= 0.6 is 0 Å². The summed E-state index contributed by atoms with van der Waals surface area (Å²) < 4.78 is 0. The van der Waals surface area contributed by atoms with Crippen LogP contribution < -0.4 is 4.90 Å². The van der Waals surface area contributed by atoms with Gasteiger partial charge in [-0.2, -0.15) is 0 Å². The van der Waals surface area contributed by atoms with Gasteiger partial charge in [0.1, 0.15) is 6.23 Å². The largest absolute Gasteiger partial charge is 0.392 e. The van der Waals surface area contributed by atoms with Gasteiger partial charge in [0.25, 0.3) is 0 Å². The summed E-state index contributed by atoms with van der Waals surface area (Å²) in [5.74, 6) is 1.14. The van der Waals surface area contributed by atoms with E-state index in [-0.39, 0.29) is 17.7 Å². The average molecular weight is 326 g/mol. The van der Waals surface area contributed by atoms with Crippen LogP contribution in [-0.4, -0.2) is 52.6 Å². The smallest absolute Gasteiger partial charge is 0.111 e. The maximum Gasteiger partial charge on any atom is 0.111 e. The van der Waals surface area contributed by atoms with Gasteiger partial charge in [-0.1, -0.05) is 25.1 Å². The first-order chi connectivity index (χ1) is 11.6. The third-order valence-electron chi connectivity index (χ3n) is 8.46. The highest BCUT2D eigenvalue weighted by molar-refractivity contribution is 5.67. The first-order valence-electron chi connectivity index (χ1n) is 9.57. The lowest BCUT2D eigenvalue weighted by atomic mass is 9.62. The highest BCUT2D eigenvalue weighted by atomic mass is 16.3. The molecule has 1 aromatic carbocycles. The fraction of sp³-hybridized carbons (Fsp3) is 0.700. The summed E-state index contributed by atoms with van der Waals surface area (Å²) in [6.45, 7) is 2.19. The number of piperidine rings is 4. The highest BCUT2D eigenvalue weighted by Gasteiger charge is 2.76. The molecule has 5 heterocycles. The summed E-state index contributed by atoms with van der Waals surface area (Å²) >= 11 is 0. The fourth-order valence-corrected chi connectivity index (χ4v) is 7.88. The number of anilines is 1. The van der Waals surface area contributed by atoms with Crippen LogP contribution in [0.25, 0.3) is 0 Å². The van der Waals surface area contributed by atoms with E-state index in [1.165, 1.54) is 11.3 Å². The number of likely N-dealkylation sites (N-methyl/N-ethyl adjacent to an activating group) is 1. The van der Waals surface area contributed by atoms with E-state index < -0.39 is 0 Å². The van der Waals surface area contributed by atoms with Gasteiger partial charge in [-0.15, -0.1) is 0 Å². The quantitative estimate of drug-likeness (QED) is 0.822. The Hall–Kier alpha value is -1.10. The maximum absolute atomic E-state index is 11.6. The van der Waals surface area contributed by atoms with Crippen LogP contribution in [-0.2, 0) is 5.41 Å². The summed E-state index contributed by atoms with van der Waals surface area (Å²) in [5.41, 5.74) is 2.51. The van der Waals surface area contributed by atoms with Gasteiger partial charge >= 0.3 is 0 Å². The second-order valence-corrected chi connectivity index (χ2v) is 8.81. The molecule has 6 aliphatic rings. The number of rotatable bonds is 1. The van der Waals surface area contributed by atoms with Crippen molar-refractivity contribution in [3.8, 4) is 0 Å². The number of para-hydroxylation sites is 1. The molecule has 1 aromatic rings. The Balaban J connectivity index is 1.60. The molecule has 2 N–H and O–H groups in total. The second-order valence-electron chi connectivity index (χ2n) is 8.81. The zero-order chi connectivity index (χ0) is 16.4. The van der Waals surface area contributed by atoms with Gasteiger partial charge < -0.3 is 15.1 Å². The fourth-order valence-electron chi connectivity index (χ4n) is 7.88. The average Bonchev–Trinajstić information content (AvgIpc) is 2.97. The molecule has 24 heavy (non-hydrogen) atoms. The molecule has 0 radical (unpaired) electrons. The minimum atomic E-state index is -0.319. The van der Waals surface area contributed by atoms with Crippen LogP contribution in [0.4, 0.5) is 5.69 Å². The Bertz CT molecular complexity index is 723. The topological polar surface area (TPSA) is 46.9 Å². The molecule has 5 aliphatic heterocycles. The summed E-state index contributed by atoms with van der Waals surface area (Å²) in [6.07, 6.45) is 2.56. The zero-order valence-corrected chi connectivity index (χ0v) is 14.3. The van der Waals surface area contributed by atoms with Crippen molar-refractivity contribution >= 4 is 5.69 Å². The third-order valence-corrected chi connectivity index (χ3v) is 8.46. The van der Waals surface area contributed by atoms with E-state index in [0.717, 1.165) is 19.3 Å². The first kappa shape index (κ1) is 14.1. The predicted molar refractivity (Wildman–Crippen MR) is 91.7 cm³/mol. The molecule has 4 saturated heterocycles. The van der Waals surface area contributed by atoms with E-state index in [1.807, 2.05) is 0 Å². The predicted octanol–water partition coefficient (Wildman–Crippen LogP) is 1.55. The van der Waals surface area contributed by atoms with Crippen molar-refractivity contribution in [2.24, 2.45) is 17.8 Å². The van der Waals surface area contributed by atoms with Crippen molar-refractivity contribution in [3.05, 3.63) is 29.8 Å². The molecule has 0 aromatic heterocycles. The van der Waals surface area contributed by atoms with Gasteiger partial charge in [-0.3, -0.25) is 4.90 Å². The summed E-state index contributed by atoms with van der Waals surface area (Å²) in [6, 6.07) is 9.70. The van der Waals surface area contributed by atoms with E-state index >= 15 is 0 Å². The lowest BCUT2D eigenvalue weighted by molar-refractivity contribution is -0.211. The Morgan fingerprint density at radius 1 is 1.21 bits per heavy atom. The molecule has 5 bridgehead atoms. The van der Waals surface area contributed by atoms with Gasteiger partial charge in [0.2, 0.25) is 0 Å². The Morgan fingerprint density at radius 2 is 2.00 bits per heavy atom. The van der Waals surface area contributed by atoms with Crippen LogP contribution in [0, 0.1) is 17.8 Å². The van der Waals surface area contributed by atoms with Crippen molar-refractivity contribution in [3.63, 3.8) is 0 Å². The SMILES string of the molecule is CC[C@@H]1[C@@H](O)N2[C@@H]3C[C@H]1C1[C@@H](O)[C@]4(C[C@@H]12)c1ccccc1N(C)[C@H]34. The number of hydrogen-bond acceptors (Lipinski definition) is 4. The van der Waals surface area contributed by atoms with Crippen LogP contribution in [0.1, 0.15) is 31.7 Å². The van der Waals surface area contributed by atoms with Crippen molar-refractivity contribution in [2.45, 2.75) is 62.1 Å². The molecule has 128 valence electrons. The molecule has 1 spiro atoms. The number of benzene rings is 1. The van der Waals surface area contributed by atoms with Crippen LogP contribution in [0.15, 0.2) is 24.3 Å². The van der Waals surface area contributed by atoms with E-state index in [9.17, 15) is 10.2 Å². The number of aliphatic hydroxyl groups excluding tert-OH is 2. The standard InChI is InChI=1S/C20H26N2O2/c1-3-10-11-8-14-17-20(12-6-4-5-7-13(12)21(17)2)9-15(16(11)18(20)23)22(14)19(10)24/h4-7,10-11,14-19,23-24H,3,8-9H2,1-2H3/t10-,11+,14+,15-,16?,17+,18+,19+,20+/m0/s1. The zero-order valence-electron chi connectivity index (χ0n) is 14.3. The summed E-state index contributed by atoms with van der Waals surface area (Å²) in [7, 11) is 2.19. The van der Waals surface area contributed by atoms with Crippen LogP contribution in [0.2, 0.25) is 0 Å². The molecular weight excluding hydrogens is 300 g/mol. The Morgan fingerprint density at radius 3 is 2.79 bits per heavy atom. The molecule has 4 nitrogen and oxygen atoms in total. The maximum atomic E-state index is 11.6. The van der Waals surface area contributed by atoms with Gasteiger partial charge in [0, 0.05) is 42.1 Å². The second kappa shape index (κ2) is 4.17. The molecule has 5 fully saturated rings. The summed E-state index contributed by atoms with van der Waals surface area (Å²) in [4.78, 5) is 4.83. The van der Waals surface area contributed by atoms with Crippen molar-refractivity contribution < 1.29 is 10.2 Å². The molecule has 0 amide bonds. The van der Waals surface area contributed by atoms with E-state index in [1.54, 1.807) is 0 Å². The van der Waals surface area contributed by atoms with Crippen LogP contribution in [0.5, 0.6) is 0 Å². The number of nitrogens with zero attached hydrogens (tertiary/aromatic N) is 2. The van der Waals surface area contributed by atoms with E-state index in [0.29, 0.717) is 35.9 Å². The molecule has 7 rings (SSSR count). The van der Waals surface area contributed by atoms with E-state index in [2.05, 4.69) is 48.0 Å². The normalized spacial score (nSPS) is 55.8. The lowest BCUT2D eigenvalue weighted by Crippen LogP contribution is -2.72. The Kier molecular flexibility index (Phi) is 2.45. The van der Waals surface area contributed by atoms with Gasteiger partial charge in [0.05, 0.1) is 12.1 Å². The molecule has 4 heteroatoms. The minimum Gasteiger partial charge on any atom is -0.392 e. The Labute approximate surface area is 143 Å². The number of aliphatic hydroxyl groups is 2. The van der Waals surface area contributed by atoms with Crippen molar-refractivity contribution in [1.29, 1.82) is 0 Å². The monoisotopic (exact) mass is 326 g/mol. The third kappa shape index (κ3) is 1.20. The molecule has 2 unspecified atom stereocenters. The molecule has 1 saturated carbocycles. The molecule has 10 atom stereocenters. The van der Waals surface area contributed by atoms with Gasteiger partial charge in [-0.05, 0) is 36.8 Å². The van der Waals surface area contributed by atoms with Gasteiger partial charge in [0.15, 0.2) is 0 Å². The highest BCUT2D eigenvalue weighted by Crippen LogP contribution is 2.68. The number of hydrogen-bond donors (Lipinski definition) is 2. The summed E-state index contributed by atoms with van der Waals surface area (Å²) in [5, 5.41) is 22.6. The van der Waals surface area contributed by atoms with Crippen LogP contribution in [0.3, 0.4) is 0 Å². The first-order valence-corrected chi connectivity index (χ1v) is 9.57. The molecule has 1 aliphatic carbocycles. The van der Waals surface area contributed by atoms with Crippen molar-refractivity contribution in [2.75, 3.05) is 11.9 Å². The molecular formula is C20H26N2O2.